The molecule has 1 atom stereocenters. The first kappa shape index (κ1) is 19.7. The van der Waals surface area contributed by atoms with Crippen LogP contribution in [0.1, 0.15) is 6.92 Å². The fourth-order valence-corrected chi connectivity index (χ4v) is 3.21. The summed E-state index contributed by atoms with van der Waals surface area (Å²) in [5.74, 6) is -0.602. The third-order valence-electron chi connectivity index (χ3n) is 2.78. The van der Waals surface area contributed by atoms with Crippen molar-refractivity contribution in [3.63, 3.8) is 0 Å². The summed E-state index contributed by atoms with van der Waals surface area (Å²) in [5, 5.41) is 2.58. The fourth-order valence-electron chi connectivity index (χ4n) is 1.65. The van der Waals surface area contributed by atoms with Crippen LogP contribution >= 0.6 is 12.4 Å². The number of ether oxygens (including phenoxy) is 1. The van der Waals surface area contributed by atoms with Crippen molar-refractivity contribution in [3.05, 3.63) is 24.3 Å². The predicted molar refractivity (Wildman–Crippen MR) is 83.5 cm³/mol. The van der Waals surface area contributed by atoms with Gasteiger partial charge in [-0.05, 0) is 24.3 Å². The zero-order valence-electron chi connectivity index (χ0n) is 12.0. The van der Waals surface area contributed by atoms with Crippen molar-refractivity contribution in [1.29, 1.82) is 0 Å². The van der Waals surface area contributed by atoms with Gasteiger partial charge in [-0.15, -0.1) is 12.4 Å². The van der Waals surface area contributed by atoms with Crippen molar-refractivity contribution in [3.8, 4) is 5.75 Å². The number of nitrogens with one attached hydrogen (secondary N) is 1. The van der Waals surface area contributed by atoms with Crippen LogP contribution in [-0.4, -0.2) is 40.3 Å². The lowest BCUT2D eigenvalue weighted by atomic mass is 10.2. The van der Waals surface area contributed by atoms with Gasteiger partial charge in [0.15, 0.2) is 9.84 Å². The van der Waals surface area contributed by atoms with Crippen molar-refractivity contribution in [2.24, 2.45) is 11.7 Å². The minimum absolute atomic E-state index is 0. The van der Waals surface area contributed by atoms with E-state index in [1.807, 2.05) is 0 Å². The van der Waals surface area contributed by atoms with Gasteiger partial charge in [-0.3, -0.25) is 4.79 Å². The highest BCUT2D eigenvalue weighted by Crippen LogP contribution is 2.18. The topological polar surface area (TPSA) is 98.5 Å². The standard InChI is InChI=1S/C13H20N2O4S.ClH/c1-10(13(16)15-8-7-14)9-20(17,18)12-5-3-11(19-2)4-6-12;/h3-6,10H,7-9,14H2,1-2H3,(H,15,16);1H. The lowest BCUT2D eigenvalue weighted by molar-refractivity contribution is -0.123. The van der Waals surface area contributed by atoms with Crippen LogP contribution < -0.4 is 15.8 Å². The van der Waals surface area contributed by atoms with Crippen LogP contribution in [0.4, 0.5) is 0 Å². The molecule has 3 N–H and O–H groups in total. The number of hydrogen-bond donors (Lipinski definition) is 2. The van der Waals surface area contributed by atoms with E-state index in [-0.39, 0.29) is 29.0 Å². The molecule has 0 spiro atoms. The number of sulfone groups is 1. The van der Waals surface area contributed by atoms with Gasteiger partial charge in [-0.2, -0.15) is 0 Å². The Bertz CT molecular complexity index is 546. The molecule has 21 heavy (non-hydrogen) atoms. The van der Waals surface area contributed by atoms with E-state index in [1.54, 1.807) is 19.1 Å². The summed E-state index contributed by atoms with van der Waals surface area (Å²) < 4.78 is 29.3. The Morgan fingerprint density at radius 1 is 1.33 bits per heavy atom. The van der Waals surface area contributed by atoms with Crippen LogP contribution in [0, 0.1) is 5.92 Å². The van der Waals surface area contributed by atoms with Crippen LogP contribution in [0.5, 0.6) is 5.75 Å². The maximum absolute atomic E-state index is 12.2. The molecule has 0 radical (unpaired) electrons. The minimum Gasteiger partial charge on any atom is -0.497 e. The highest BCUT2D eigenvalue weighted by Gasteiger charge is 2.23. The molecule has 0 heterocycles. The van der Waals surface area contributed by atoms with Gasteiger partial charge >= 0.3 is 0 Å². The highest BCUT2D eigenvalue weighted by molar-refractivity contribution is 7.91. The average Bonchev–Trinajstić information content (AvgIpc) is 2.44. The number of amides is 1. The van der Waals surface area contributed by atoms with Crippen molar-refractivity contribution in [1.82, 2.24) is 5.32 Å². The van der Waals surface area contributed by atoms with Crippen molar-refractivity contribution in [2.75, 3.05) is 26.0 Å². The first-order valence-corrected chi connectivity index (χ1v) is 7.90. The van der Waals surface area contributed by atoms with Gasteiger partial charge in [-0.1, -0.05) is 6.92 Å². The molecule has 6 nitrogen and oxygen atoms in total. The van der Waals surface area contributed by atoms with Crippen molar-refractivity contribution in [2.45, 2.75) is 11.8 Å². The minimum atomic E-state index is -3.50. The Labute approximate surface area is 131 Å². The summed E-state index contributed by atoms with van der Waals surface area (Å²) in [5.41, 5.74) is 5.28. The van der Waals surface area contributed by atoms with E-state index in [2.05, 4.69) is 5.32 Å². The van der Waals surface area contributed by atoms with Gasteiger partial charge < -0.3 is 15.8 Å². The second kappa shape index (κ2) is 8.86. The molecule has 0 aliphatic carbocycles. The summed E-state index contributed by atoms with van der Waals surface area (Å²) in [4.78, 5) is 11.8. The average molecular weight is 337 g/mol. The molecule has 1 rings (SSSR count). The van der Waals surface area contributed by atoms with E-state index in [0.717, 1.165) is 0 Å². The number of nitrogens with two attached hydrogens (primary N) is 1. The monoisotopic (exact) mass is 336 g/mol. The number of methoxy groups -OCH3 is 1. The summed E-state index contributed by atoms with van der Waals surface area (Å²) in [7, 11) is -1.99. The number of rotatable bonds is 7. The number of carbonyl (C=O) groups is 1. The molecule has 1 amide bonds. The molecule has 0 saturated carbocycles. The first-order chi connectivity index (χ1) is 9.40. The number of hydrogen-bond acceptors (Lipinski definition) is 5. The maximum Gasteiger partial charge on any atom is 0.223 e. The Hall–Kier alpha value is -1.31. The number of halogens is 1. The SMILES string of the molecule is COc1ccc(S(=O)(=O)CC(C)C(=O)NCCN)cc1.Cl. The molecule has 1 unspecified atom stereocenters. The Kier molecular flexibility index (Phi) is 8.31. The molecule has 0 aromatic heterocycles. The Balaban J connectivity index is 0.00000400. The van der Waals surface area contributed by atoms with Gasteiger partial charge in [0.05, 0.1) is 17.8 Å². The second-order valence-electron chi connectivity index (χ2n) is 4.44. The van der Waals surface area contributed by atoms with E-state index in [4.69, 9.17) is 10.5 Å². The fraction of sp³-hybridized carbons (Fsp3) is 0.462. The first-order valence-electron chi connectivity index (χ1n) is 6.25. The Morgan fingerprint density at radius 3 is 2.38 bits per heavy atom. The van der Waals surface area contributed by atoms with Crippen molar-refractivity contribution < 1.29 is 17.9 Å². The molecule has 0 fully saturated rings. The molecule has 1 aromatic rings. The Morgan fingerprint density at radius 2 is 1.90 bits per heavy atom. The smallest absolute Gasteiger partial charge is 0.223 e. The highest BCUT2D eigenvalue weighted by atomic mass is 35.5. The molecule has 8 heteroatoms. The normalized spacial score (nSPS) is 12.1. The second-order valence-corrected chi connectivity index (χ2v) is 6.47. The molecular formula is C13H21ClN2O4S. The third-order valence-corrected chi connectivity index (χ3v) is 4.71. The summed E-state index contributed by atoms with van der Waals surface area (Å²) in [6.45, 7) is 2.24. The van der Waals surface area contributed by atoms with E-state index in [1.165, 1.54) is 19.2 Å². The van der Waals surface area contributed by atoms with E-state index in [0.29, 0.717) is 18.8 Å². The lowest BCUT2D eigenvalue weighted by Gasteiger charge is -2.12. The molecule has 0 bridgehead atoms. The molecule has 0 aliphatic heterocycles. The predicted octanol–water partition coefficient (Wildman–Crippen LogP) is 0.602. The molecule has 0 saturated heterocycles. The zero-order chi connectivity index (χ0) is 15.2. The van der Waals surface area contributed by atoms with Crippen LogP contribution in [0.3, 0.4) is 0 Å². The van der Waals surface area contributed by atoms with Gasteiger partial charge in [0.2, 0.25) is 5.91 Å². The maximum atomic E-state index is 12.2. The molecule has 120 valence electrons. The summed E-state index contributed by atoms with van der Waals surface area (Å²) >= 11 is 0. The summed E-state index contributed by atoms with van der Waals surface area (Å²) in [6, 6.07) is 6.09. The van der Waals surface area contributed by atoms with Crippen LogP contribution in [-0.2, 0) is 14.6 Å². The third kappa shape index (κ3) is 5.91. The van der Waals surface area contributed by atoms with Crippen LogP contribution in [0.2, 0.25) is 0 Å². The largest absolute Gasteiger partial charge is 0.497 e. The van der Waals surface area contributed by atoms with Gasteiger partial charge in [-0.25, -0.2) is 8.42 Å². The van der Waals surface area contributed by atoms with Crippen LogP contribution in [0.25, 0.3) is 0 Å². The van der Waals surface area contributed by atoms with E-state index < -0.39 is 15.8 Å². The quantitative estimate of drug-likeness (QED) is 0.759. The molecular weight excluding hydrogens is 316 g/mol. The van der Waals surface area contributed by atoms with Gasteiger partial charge in [0.1, 0.15) is 5.75 Å². The summed E-state index contributed by atoms with van der Waals surface area (Å²) in [6.07, 6.45) is 0. The molecule has 0 aliphatic rings. The van der Waals surface area contributed by atoms with Gasteiger partial charge in [0.25, 0.3) is 0 Å². The zero-order valence-corrected chi connectivity index (χ0v) is 13.7. The number of carbonyl (C=O) groups excluding carboxylic acids is 1. The molecule has 1 aromatic carbocycles. The van der Waals surface area contributed by atoms with E-state index in [9.17, 15) is 13.2 Å². The van der Waals surface area contributed by atoms with E-state index >= 15 is 0 Å². The number of benzene rings is 1. The lowest BCUT2D eigenvalue weighted by Crippen LogP contribution is -2.36. The van der Waals surface area contributed by atoms with Crippen LogP contribution in [0.15, 0.2) is 29.2 Å². The van der Waals surface area contributed by atoms with Gasteiger partial charge in [0, 0.05) is 19.0 Å². The van der Waals surface area contributed by atoms with Crippen molar-refractivity contribution >= 4 is 28.2 Å².